The number of carbonyl (C=O) groups is 1. The molecule has 5 nitrogen and oxygen atoms in total. The average Bonchev–Trinajstić information content (AvgIpc) is 2.45. The molecule has 0 heterocycles. The van der Waals surface area contributed by atoms with Gasteiger partial charge >= 0.3 is 6.03 Å². The number of nitrogens with one attached hydrogen (secondary N) is 2. The summed E-state index contributed by atoms with van der Waals surface area (Å²) >= 11 is 0. The Labute approximate surface area is 124 Å². The number of aryl methyl sites for hydroxylation is 1. The number of carbonyl (C=O) groups excluding carboxylic acids is 1. The van der Waals surface area contributed by atoms with Crippen molar-refractivity contribution in [2.75, 3.05) is 23.5 Å². The van der Waals surface area contributed by atoms with Gasteiger partial charge in [-0.25, -0.2) is 4.79 Å². The van der Waals surface area contributed by atoms with Gasteiger partial charge in [-0.3, -0.25) is 0 Å². The largest absolute Gasteiger partial charge is 0.496 e. The van der Waals surface area contributed by atoms with E-state index < -0.39 is 0 Å². The van der Waals surface area contributed by atoms with E-state index in [0.29, 0.717) is 17.1 Å². The van der Waals surface area contributed by atoms with Crippen LogP contribution < -0.4 is 21.1 Å². The van der Waals surface area contributed by atoms with Crippen LogP contribution >= 0.6 is 0 Å². The quantitative estimate of drug-likeness (QED) is 0.755. The summed E-state index contributed by atoms with van der Waals surface area (Å²) in [4.78, 5) is 12.0. The van der Waals surface area contributed by atoms with E-state index in [4.69, 9.17) is 10.5 Å². The van der Waals surface area contributed by atoms with Crippen molar-refractivity contribution in [2.45, 2.75) is 13.8 Å². The molecule has 110 valence electrons. The van der Waals surface area contributed by atoms with Crippen molar-refractivity contribution in [1.29, 1.82) is 0 Å². The van der Waals surface area contributed by atoms with Gasteiger partial charge in [0.05, 0.1) is 7.11 Å². The second kappa shape index (κ2) is 6.17. The van der Waals surface area contributed by atoms with Gasteiger partial charge in [0.15, 0.2) is 0 Å². The van der Waals surface area contributed by atoms with Crippen LogP contribution in [0.3, 0.4) is 0 Å². The zero-order valence-electron chi connectivity index (χ0n) is 12.4. The van der Waals surface area contributed by atoms with Gasteiger partial charge in [0, 0.05) is 22.6 Å². The number of hydrogen-bond donors (Lipinski definition) is 3. The van der Waals surface area contributed by atoms with Gasteiger partial charge in [-0.05, 0) is 43.7 Å². The first-order valence-corrected chi connectivity index (χ1v) is 6.59. The van der Waals surface area contributed by atoms with Gasteiger partial charge in [-0.1, -0.05) is 12.1 Å². The topological polar surface area (TPSA) is 76.4 Å². The fourth-order valence-corrected chi connectivity index (χ4v) is 1.97. The average molecular weight is 285 g/mol. The van der Waals surface area contributed by atoms with E-state index >= 15 is 0 Å². The van der Waals surface area contributed by atoms with Crippen molar-refractivity contribution in [2.24, 2.45) is 0 Å². The molecule has 0 bridgehead atoms. The summed E-state index contributed by atoms with van der Waals surface area (Å²) < 4.78 is 5.23. The Balaban J connectivity index is 2.10. The minimum Gasteiger partial charge on any atom is -0.496 e. The first kappa shape index (κ1) is 14.7. The van der Waals surface area contributed by atoms with Crippen LogP contribution in [-0.2, 0) is 0 Å². The summed E-state index contributed by atoms with van der Waals surface area (Å²) in [6, 6.07) is 10.6. The monoisotopic (exact) mass is 285 g/mol. The molecule has 2 amide bonds. The summed E-state index contributed by atoms with van der Waals surface area (Å²) in [5.41, 5.74) is 9.67. The van der Waals surface area contributed by atoms with Crippen molar-refractivity contribution < 1.29 is 9.53 Å². The van der Waals surface area contributed by atoms with Gasteiger partial charge in [0.1, 0.15) is 5.75 Å². The lowest BCUT2D eigenvalue weighted by atomic mass is 10.2. The Morgan fingerprint density at radius 2 is 1.90 bits per heavy atom. The predicted octanol–water partition coefficient (Wildman–Crippen LogP) is 3.54. The fraction of sp³-hybridized carbons (Fsp3) is 0.188. The van der Waals surface area contributed by atoms with Crippen LogP contribution in [0.5, 0.6) is 5.75 Å². The number of nitrogen functional groups attached to an aromatic ring is 1. The zero-order chi connectivity index (χ0) is 15.4. The fourth-order valence-electron chi connectivity index (χ4n) is 1.97. The minimum absolute atomic E-state index is 0.324. The number of nitrogens with two attached hydrogens (primary N) is 1. The number of hydrogen-bond acceptors (Lipinski definition) is 3. The maximum atomic E-state index is 12.0. The number of benzene rings is 2. The standard InChI is InChI=1S/C16H19N3O2/c1-10-7-8-12(9-13(10)17)18-16(20)19-14-5-4-6-15(21-3)11(14)2/h4-9H,17H2,1-3H3,(H2,18,19,20). The van der Waals surface area contributed by atoms with Crippen LogP contribution in [0.25, 0.3) is 0 Å². The molecule has 0 spiro atoms. The zero-order valence-corrected chi connectivity index (χ0v) is 12.4. The molecule has 21 heavy (non-hydrogen) atoms. The van der Waals surface area contributed by atoms with E-state index in [-0.39, 0.29) is 6.03 Å². The summed E-state index contributed by atoms with van der Waals surface area (Å²) in [6.07, 6.45) is 0. The van der Waals surface area contributed by atoms with E-state index in [0.717, 1.165) is 16.9 Å². The van der Waals surface area contributed by atoms with Gasteiger partial charge in [-0.15, -0.1) is 0 Å². The van der Waals surface area contributed by atoms with Crippen LogP contribution in [0, 0.1) is 13.8 Å². The molecule has 2 aromatic carbocycles. The first-order chi connectivity index (χ1) is 10.0. The van der Waals surface area contributed by atoms with E-state index in [9.17, 15) is 4.79 Å². The summed E-state index contributed by atoms with van der Waals surface area (Å²) in [5, 5.41) is 5.55. The number of ether oxygens (including phenoxy) is 1. The molecule has 0 radical (unpaired) electrons. The Morgan fingerprint density at radius 1 is 1.14 bits per heavy atom. The highest BCUT2D eigenvalue weighted by atomic mass is 16.5. The Morgan fingerprint density at radius 3 is 2.57 bits per heavy atom. The van der Waals surface area contributed by atoms with E-state index in [2.05, 4.69) is 10.6 Å². The third-order valence-corrected chi connectivity index (χ3v) is 3.29. The third kappa shape index (κ3) is 3.45. The number of urea groups is 1. The van der Waals surface area contributed by atoms with E-state index in [1.165, 1.54) is 0 Å². The lowest BCUT2D eigenvalue weighted by Gasteiger charge is -2.13. The van der Waals surface area contributed by atoms with Crippen LogP contribution in [0.2, 0.25) is 0 Å². The van der Waals surface area contributed by atoms with Crippen LogP contribution in [0.1, 0.15) is 11.1 Å². The molecule has 0 fully saturated rings. The molecule has 0 aliphatic rings. The second-order valence-corrected chi connectivity index (χ2v) is 4.78. The number of methoxy groups -OCH3 is 1. The molecule has 2 rings (SSSR count). The van der Waals surface area contributed by atoms with Crippen molar-refractivity contribution in [1.82, 2.24) is 0 Å². The molecule has 0 aliphatic carbocycles. The highest BCUT2D eigenvalue weighted by Gasteiger charge is 2.08. The van der Waals surface area contributed by atoms with Crippen LogP contribution in [0.15, 0.2) is 36.4 Å². The van der Waals surface area contributed by atoms with Crippen LogP contribution in [-0.4, -0.2) is 13.1 Å². The molecule has 5 heteroatoms. The van der Waals surface area contributed by atoms with E-state index in [1.54, 1.807) is 13.2 Å². The molecule has 0 atom stereocenters. The molecule has 0 aliphatic heterocycles. The van der Waals surface area contributed by atoms with Gasteiger partial charge in [0.2, 0.25) is 0 Å². The summed E-state index contributed by atoms with van der Waals surface area (Å²) in [7, 11) is 1.60. The molecule has 0 unspecified atom stereocenters. The number of rotatable bonds is 3. The normalized spacial score (nSPS) is 10.0. The summed E-state index contributed by atoms with van der Waals surface area (Å²) in [6.45, 7) is 3.80. The smallest absolute Gasteiger partial charge is 0.323 e. The SMILES string of the molecule is COc1cccc(NC(=O)Nc2ccc(C)c(N)c2)c1C. The van der Waals surface area contributed by atoms with Gasteiger partial charge < -0.3 is 21.1 Å². The summed E-state index contributed by atoms with van der Waals surface area (Å²) in [5.74, 6) is 0.729. The molecule has 2 aromatic rings. The van der Waals surface area contributed by atoms with Crippen molar-refractivity contribution in [3.05, 3.63) is 47.5 Å². The molecule has 4 N–H and O–H groups in total. The first-order valence-electron chi connectivity index (χ1n) is 6.59. The maximum absolute atomic E-state index is 12.0. The molecule has 0 saturated carbocycles. The highest BCUT2D eigenvalue weighted by Crippen LogP contribution is 2.25. The van der Waals surface area contributed by atoms with Crippen LogP contribution in [0.4, 0.5) is 21.9 Å². The van der Waals surface area contributed by atoms with Crippen molar-refractivity contribution >= 4 is 23.1 Å². The number of amides is 2. The lowest BCUT2D eigenvalue weighted by Crippen LogP contribution is -2.20. The minimum atomic E-state index is -0.324. The Kier molecular flexibility index (Phi) is 4.33. The van der Waals surface area contributed by atoms with Crippen molar-refractivity contribution in [3.8, 4) is 5.75 Å². The third-order valence-electron chi connectivity index (χ3n) is 3.29. The molecular formula is C16H19N3O2. The van der Waals surface area contributed by atoms with Crippen molar-refractivity contribution in [3.63, 3.8) is 0 Å². The predicted molar refractivity (Wildman–Crippen MR) is 86.0 cm³/mol. The second-order valence-electron chi connectivity index (χ2n) is 4.78. The Bertz CT molecular complexity index is 669. The maximum Gasteiger partial charge on any atom is 0.323 e. The Hall–Kier alpha value is -2.69. The van der Waals surface area contributed by atoms with Gasteiger partial charge in [0.25, 0.3) is 0 Å². The highest BCUT2D eigenvalue weighted by molar-refractivity contribution is 6.00. The molecule has 0 saturated heterocycles. The molecule has 0 aromatic heterocycles. The molecular weight excluding hydrogens is 266 g/mol. The van der Waals surface area contributed by atoms with E-state index in [1.807, 2.05) is 44.2 Å². The van der Waals surface area contributed by atoms with Gasteiger partial charge in [-0.2, -0.15) is 0 Å². The number of anilines is 3. The lowest BCUT2D eigenvalue weighted by molar-refractivity contribution is 0.262.